The molecular formula is C28H25N3O2S. The topological polar surface area (TPSA) is 62.3 Å². The molecule has 6 heteroatoms. The van der Waals surface area contributed by atoms with Gasteiger partial charge in [-0.1, -0.05) is 61.5 Å². The summed E-state index contributed by atoms with van der Waals surface area (Å²) >= 11 is 1.47. The van der Waals surface area contributed by atoms with Crippen molar-refractivity contribution >= 4 is 34.0 Å². The van der Waals surface area contributed by atoms with Crippen molar-refractivity contribution in [3.8, 4) is 22.4 Å². The summed E-state index contributed by atoms with van der Waals surface area (Å²) in [5.74, 6) is -0.0282. The Morgan fingerprint density at radius 1 is 1.00 bits per heavy atom. The van der Waals surface area contributed by atoms with Crippen molar-refractivity contribution in [3.05, 3.63) is 88.8 Å². The number of fused-ring (bicyclic) bond motifs is 1. The van der Waals surface area contributed by atoms with E-state index in [1.54, 1.807) is 0 Å². The Morgan fingerprint density at radius 2 is 1.76 bits per heavy atom. The van der Waals surface area contributed by atoms with Gasteiger partial charge in [-0.25, -0.2) is 4.98 Å². The molecule has 0 saturated heterocycles. The summed E-state index contributed by atoms with van der Waals surface area (Å²) in [6.07, 6.45) is 1.35. The number of aryl methyl sites for hydroxylation is 1. The molecular weight excluding hydrogens is 442 g/mol. The summed E-state index contributed by atoms with van der Waals surface area (Å²) in [7, 11) is 0. The molecule has 0 saturated carbocycles. The van der Waals surface area contributed by atoms with Crippen molar-refractivity contribution in [2.24, 2.45) is 0 Å². The van der Waals surface area contributed by atoms with Crippen molar-refractivity contribution in [3.63, 3.8) is 0 Å². The van der Waals surface area contributed by atoms with E-state index in [9.17, 15) is 9.59 Å². The molecule has 3 aromatic carbocycles. The number of carbonyl (C=O) groups is 2. The summed E-state index contributed by atoms with van der Waals surface area (Å²) in [6.45, 7) is 4.63. The van der Waals surface area contributed by atoms with E-state index < -0.39 is 0 Å². The lowest BCUT2D eigenvalue weighted by Gasteiger charge is -2.16. The van der Waals surface area contributed by atoms with E-state index in [0.717, 1.165) is 51.5 Å². The number of hydrogen-bond acceptors (Lipinski definition) is 4. The van der Waals surface area contributed by atoms with E-state index in [4.69, 9.17) is 4.98 Å². The maximum atomic E-state index is 13.2. The molecule has 5 nitrogen and oxygen atoms in total. The summed E-state index contributed by atoms with van der Waals surface area (Å²) in [6, 6.07) is 23.6. The molecule has 2 amide bonds. The second kappa shape index (κ2) is 9.23. The second-order valence-electron chi connectivity index (χ2n) is 8.28. The molecule has 5 rings (SSSR count). The Bertz CT molecular complexity index is 1380. The number of aromatic nitrogens is 1. The van der Waals surface area contributed by atoms with Gasteiger partial charge in [0.05, 0.1) is 5.69 Å². The van der Waals surface area contributed by atoms with Gasteiger partial charge in [0.25, 0.3) is 5.91 Å². The number of nitrogens with zero attached hydrogens (tertiary/aromatic N) is 2. The molecule has 34 heavy (non-hydrogen) atoms. The largest absolute Gasteiger partial charge is 0.312 e. The van der Waals surface area contributed by atoms with Crippen LogP contribution in [0.25, 0.3) is 22.4 Å². The highest BCUT2D eigenvalue weighted by Crippen LogP contribution is 2.36. The molecule has 170 valence electrons. The minimum absolute atomic E-state index is 0.150. The fraction of sp³-hybridized carbons (Fsp3) is 0.179. The number of benzene rings is 3. The minimum atomic E-state index is -0.178. The smallest absolute Gasteiger partial charge is 0.258 e. The van der Waals surface area contributed by atoms with E-state index >= 15 is 0 Å². The van der Waals surface area contributed by atoms with Crippen LogP contribution in [0.4, 0.5) is 10.8 Å². The van der Waals surface area contributed by atoms with Crippen LogP contribution in [0, 0.1) is 6.92 Å². The number of anilines is 2. The number of rotatable bonds is 5. The Balaban J connectivity index is 1.40. The Kier molecular flexibility index (Phi) is 5.99. The fourth-order valence-corrected chi connectivity index (χ4v) is 5.26. The van der Waals surface area contributed by atoms with Crippen LogP contribution in [-0.4, -0.2) is 23.3 Å². The van der Waals surface area contributed by atoms with Gasteiger partial charge >= 0.3 is 0 Å². The zero-order valence-electron chi connectivity index (χ0n) is 19.2. The molecule has 0 spiro atoms. The Hall–Kier alpha value is -3.77. The average Bonchev–Trinajstić information content (AvgIpc) is 3.46. The van der Waals surface area contributed by atoms with Crippen LogP contribution in [0.2, 0.25) is 0 Å². The summed E-state index contributed by atoms with van der Waals surface area (Å²) in [5.41, 5.74) is 6.52. The second-order valence-corrected chi connectivity index (χ2v) is 9.49. The lowest BCUT2D eigenvalue weighted by Crippen LogP contribution is -2.27. The van der Waals surface area contributed by atoms with Gasteiger partial charge in [-0.2, -0.15) is 0 Å². The molecule has 1 aromatic heterocycles. The zero-order valence-corrected chi connectivity index (χ0v) is 20.0. The van der Waals surface area contributed by atoms with E-state index in [2.05, 4.69) is 11.4 Å². The molecule has 0 fully saturated rings. The summed E-state index contributed by atoms with van der Waals surface area (Å²) in [4.78, 5) is 33.0. The average molecular weight is 468 g/mol. The van der Waals surface area contributed by atoms with Crippen molar-refractivity contribution in [2.45, 2.75) is 26.7 Å². The third-order valence-electron chi connectivity index (χ3n) is 6.13. The lowest BCUT2D eigenvalue weighted by atomic mass is 9.99. The molecule has 0 radical (unpaired) electrons. The van der Waals surface area contributed by atoms with Crippen LogP contribution in [0.1, 0.15) is 34.1 Å². The maximum Gasteiger partial charge on any atom is 0.258 e. The lowest BCUT2D eigenvalue weighted by molar-refractivity contribution is -0.118. The van der Waals surface area contributed by atoms with Crippen LogP contribution >= 0.6 is 11.3 Å². The van der Waals surface area contributed by atoms with Crippen LogP contribution in [0.15, 0.2) is 72.8 Å². The molecule has 0 aliphatic carbocycles. The third kappa shape index (κ3) is 4.13. The number of thiazole rings is 1. The van der Waals surface area contributed by atoms with Gasteiger partial charge in [-0.05, 0) is 48.2 Å². The molecule has 0 atom stereocenters. The molecule has 4 aromatic rings. The van der Waals surface area contributed by atoms with Crippen LogP contribution in [-0.2, 0) is 11.2 Å². The molecule has 1 N–H and O–H groups in total. The quantitative estimate of drug-likeness (QED) is 0.373. The fourth-order valence-electron chi connectivity index (χ4n) is 4.43. The predicted molar refractivity (Wildman–Crippen MR) is 138 cm³/mol. The number of nitrogens with one attached hydrogen (secondary N) is 1. The number of carbonyl (C=O) groups excluding carboxylic acids is 2. The van der Waals surface area contributed by atoms with Gasteiger partial charge in [0.1, 0.15) is 0 Å². The standard InChI is InChI=1S/C28H25N3O2S/c1-3-25(32)31-16-15-20-17-21(13-14-24(20)31)26-18(2)34-28(29-26)30-27(33)23-12-8-7-11-22(23)19-9-5-4-6-10-19/h4-14,17H,3,15-16H2,1-2H3,(H,29,30,33). The minimum Gasteiger partial charge on any atom is -0.312 e. The normalized spacial score (nSPS) is 12.5. The molecule has 0 bridgehead atoms. The van der Waals surface area contributed by atoms with Crippen molar-refractivity contribution in [1.82, 2.24) is 4.98 Å². The first-order chi connectivity index (χ1) is 16.5. The highest BCUT2D eigenvalue weighted by atomic mass is 32.1. The van der Waals surface area contributed by atoms with E-state index in [-0.39, 0.29) is 11.8 Å². The molecule has 1 aliphatic heterocycles. The van der Waals surface area contributed by atoms with Crippen molar-refractivity contribution in [2.75, 3.05) is 16.8 Å². The van der Waals surface area contributed by atoms with Gasteiger partial charge in [-0.3, -0.25) is 14.9 Å². The highest BCUT2D eigenvalue weighted by Gasteiger charge is 2.24. The first-order valence-electron chi connectivity index (χ1n) is 11.4. The first kappa shape index (κ1) is 22.0. The van der Waals surface area contributed by atoms with Crippen LogP contribution in [0.3, 0.4) is 0 Å². The van der Waals surface area contributed by atoms with Gasteiger partial charge < -0.3 is 4.90 Å². The Labute approximate surface area is 203 Å². The summed E-state index contributed by atoms with van der Waals surface area (Å²) in [5, 5.41) is 3.57. The van der Waals surface area contributed by atoms with Crippen LogP contribution < -0.4 is 10.2 Å². The predicted octanol–water partition coefficient (Wildman–Crippen LogP) is 6.34. The monoisotopic (exact) mass is 467 g/mol. The van der Waals surface area contributed by atoms with E-state index in [1.807, 2.05) is 85.5 Å². The highest BCUT2D eigenvalue weighted by molar-refractivity contribution is 7.16. The van der Waals surface area contributed by atoms with E-state index in [1.165, 1.54) is 11.3 Å². The molecule has 1 aliphatic rings. The zero-order chi connectivity index (χ0) is 23.7. The van der Waals surface area contributed by atoms with Crippen molar-refractivity contribution in [1.29, 1.82) is 0 Å². The number of amides is 2. The van der Waals surface area contributed by atoms with Gasteiger partial charge in [0.2, 0.25) is 5.91 Å². The van der Waals surface area contributed by atoms with Gasteiger partial charge in [0, 0.05) is 34.7 Å². The SMILES string of the molecule is CCC(=O)N1CCc2cc(-c3nc(NC(=O)c4ccccc4-c4ccccc4)sc3C)ccc21. The maximum absolute atomic E-state index is 13.2. The van der Waals surface area contributed by atoms with Crippen LogP contribution in [0.5, 0.6) is 0 Å². The summed E-state index contributed by atoms with van der Waals surface area (Å²) < 4.78 is 0. The molecule has 0 unspecified atom stereocenters. The van der Waals surface area contributed by atoms with Gasteiger partial charge in [-0.15, -0.1) is 11.3 Å². The molecule has 2 heterocycles. The van der Waals surface area contributed by atoms with Gasteiger partial charge in [0.15, 0.2) is 5.13 Å². The number of hydrogen-bond donors (Lipinski definition) is 1. The first-order valence-corrected chi connectivity index (χ1v) is 12.2. The van der Waals surface area contributed by atoms with E-state index in [0.29, 0.717) is 17.1 Å². The Morgan fingerprint density at radius 3 is 2.56 bits per heavy atom. The third-order valence-corrected chi connectivity index (χ3v) is 7.01. The van der Waals surface area contributed by atoms with Crippen molar-refractivity contribution < 1.29 is 9.59 Å².